The molecule has 0 bridgehead atoms. The highest BCUT2D eigenvalue weighted by Gasteiger charge is 2.24. The van der Waals surface area contributed by atoms with Crippen molar-refractivity contribution in [2.24, 2.45) is 0 Å². The first kappa shape index (κ1) is 23.1. The van der Waals surface area contributed by atoms with Crippen LogP contribution in [0.5, 0.6) is 0 Å². The van der Waals surface area contributed by atoms with Crippen molar-refractivity contribution in [3.8, 4) is 0 Å². The van der Waals surface area contributed by atoms with Gasteiger partial charge in [-0.3, -0.25) is 0 Å². The fraction of sp³-hybridized carbons (Fsp3) is 0. The smallest absolute Gasteiger partial charge is 0.289 e. The van der Waals surface area contributed by atoms with Crippen LogP contribution in [-0.4, -0.2) is 21.4 Å². The first-order chi connectivity index (χ1) is 14.2. The molecule has 3 rings (SSSR count). The van der Waals surface area contributed by atoms with Gasteiger partial charge >= 0.3 is 0 Å². The third-order valence-electron chi connectivity index (χ3n) is 3.91. The van der Waals surface area contributed by atoms with Gasteiger partial charge in [0, 0.05) is 0 Å². The Bertz CT molecular complexity index is 1140. The molecule has 0 aromatic heterocycles. The lowest BCUT2D eigenvalue weighted by Gasteiger charge is -2.12. The molecule has 154 valence electrons. The summed E-state index contributed by atoms with van der Waals surface area (Å²) in [5.74, 6) is -1.08. The van der Waals surface area contributed by atoms with E-state index in [0.717, 1.165) is 30.5 Å². The van der Waals surface area contributed by atoms with Crippen LogP contribution in [0.1, 0.15) is 5.56 Å². The van der Waals surface area contributed by atoms with Gasteiger partial charge in [0.25, 0.3) is 11.9 Å². The minimum atomic E-state index is -0.541. The van der Waals surface area contributed by atoms with Gasteiger partial charge < -0.3 is 10.4 Å². The Kier molecular flexibility index (Phi) is 7.43. The molecule has 0 saturated heterocycles. The SMILES string of the molecule is [O-]/[N+](=C\C(c1ccccc1)=[N+](/[O-])c1c(Br)cc(F)cc1Br)c1c(Br)cc(F)cc1Br. The van der Waals surface area contributed by atoms with Gasteiger partial charge in [-0.05, 0) is 100 Å². The van der Waals surface area contributed by atoms with Crippen LogP contribution in [0.25, 0.3) is 0 Å². The monoisotopic (exact) mass is 664 g/mol. The van der Waals surface area contributed by atoms with Gasteiger partial charge in [0.05, 0.1) is 23.5 Å². The molecule has 0 amide bonds. The van der Waals surface area contributed by atoms with Gasteiger partial charge in [-0.25, -0.2) is 8.78 Å². The Hall–Kier alpha value is -1.62. The molecule has 0 unspecified atom stereocenters. The lowest BCUT2D eigenvalue weighted by molar-refractivity contribution is -0.373. The van der Waals surface area contributed by atoms with E-state index in [2.05, 4.69) is 63.7 Å². The molecule has 3 aromatic carbocycles. The number of hydrogen-bond acceptors (Lipinski definition) is 2. The maximum absolute atomic E-state index is 13.7. The second-order valence-electron chi connectivity index (χ2n) is 5.94. The molecule has 0 aliphatic rings. The molecular formula is C20H10Br4F2N2O2. The zero-order chi connectivity index (χ0) is 22.0. The Labute approximate surface area is 204 Å². The van der Waals surface area contributed by atoms with Gasteiger partial charge in [0.2, 0.25) is 11.4 Å². The van der Waals surface area contributed by atoms with Crippen molar-refractivity contribution in [1.29, 1.82) is 0 Å². The summed E-state index contributed by atoms with van der Waals surface area (Å²) >= 11 is 12.7. The molecule has 0 spiro atoms. The summed E-state index contributed by atoms with van der Waals surface area (Å²) < 4.78 is 29.0. The molecule has 10 heteroatoms. The molecular weight excluding hydrogens is 658 g/mol. The average Bonchev–Trinajstić information content (AvgIpc) is 2.65. The van der Waals surface area contributed by atoms with E-state index >= 15 is 0 Å². The lowest BCUT2D eigenvalue weighted by atomic mass is 10.1. The van der Waals surface area contributed by atoms with E-state index in [1.54, 1.807) is 30.3 Å². The van der Waals surface area contributed by atoms with Gasteiger partial charge in [0.1, 0.15) is 11.6 Å². The van der Waals surface area contributed by atoms with Gasteiger partial charge in [-0.15, -0.1) is 0 Å². The molecule has 0 fully saturated rings. The third-order valence-corrected chi connectivity index (χ3v) is 6.33. The van der Waals surface area contributed by atoms with Crippen molar-refractivity contribution in [1.82, 2.24) is 0 Å². The van der Waals surface area contributed by atoms with E-state index in [1.807, 2.05) is 0 Å². The highest BCUT2D eigenvalue weighted by molar-refractivity contribution is 9.11. The zero-order valence-electron chi connectivity index (χ0n) is 14.8. The molecule has 0 atom stereocenters. The minimum Gasteiger partial charge on any atom is -0.618 e. The predicted molar refractivity (Wildman–Crippen MR) is 127 cm³/mol. The van der Waals surface area contributed by atoms with Crippen LogP contribution in [0.3, 0.4) is 0 Å². The fourth-order valence-corrected chi connectivity index (χ4v) is 5.56. The van der Waals surface area contributed by atoms with E-state index in [1.165, 1.54) is 0 Å². The Morgan fingerprint density at radius 3 is 1.63 bits per heavy atom. The molecule has 4 nitrogen and oxygen atoms in total. The van der Waals surface area contributed by atoms with Crippen molar-refractivity contribution < 1.29 is 18.3 Å². The van der Waals surface area contributed by atoms with Crippen LogP contribution in [-0.2, 0) is 0 Å². The van der Waals surface area contributed by atoms with E-state index in [9.17, 15) is 19.2 Å². The van der Waals surface area contributed by atoms with Crippen molar-refractivity contribution in [2.75, 3.05) is 0 Å². The minimum absolute atomic E-state index is 0.0123. The molecule has 0 aliphatic carbocycles. The average molecular weight is 668 g/mol. The maximum atomic E-state index is 13.7. The summed E-state index contributed by atoms with van der Waals surface area (Å²) in [6.07, 6.45) is 1.08. The van der Waals surface area contributed by atoms with Crippen LogP contribution in [0.15, 0.2) is 72.5 Å². The number of benzene rings is 3. The van der Waals surface area contributed by atoms with Crippen LogP contribution in [0, 0.1) is 22.0 Å². The van der Waals surface area contributed by atoms with E-state index in [0.29, 0.717) is 15.0 Å². The maximum Gasteiger partial charge on any atom is 0.289 e. The van der Waals surface area contributed by atoms with Crippen LogP contribution in [0.4, 0.5) is 20.2 Å². The summed E-state index contributed by atoms with van der Waals surface area (Å²) in [6.45, 7) is 0. The molecule has 0 N–H and O–H groups in total. The van der Waals surface area contributed by atoms with E-state index in [-0.39, 0.29) is 35.0 Å². The summed E-state index contributed by atoms with van der Waals surface area (Å²) in [5, 5.41) is 26.3. The topological polar surface area (TPSA) is 52.1 Å². The second-order valence-corrected chi connectivity index (χ2v) is 9.35. The number of nitrogens with zero attached hydrogens (tertiary/aromatic N) is 2. The summed E-state index contributed by atoms with van der Waals surface area (Å²) in [6, 6.07) is 13.1. The standard InChI is InChI=1S/C20H10Br4F2N2O2/c21-14-6-12(25)7-15(22)19(14)27(29)10-18(11-4-2-1-3-5-11)28(30)20-16(23)8-13(26)9-17(20)24/h1-10H/b27-10-,28-18+. The van der Waals surface area contributed by atoms with E-state index in [4.69, 9.17) is 0 Å². The Balaban J connectivity index is 2.28. The van der Waals surface area contributed by atoms with Gasteiger partial charge in [0.15, 0.2) is 0 Å². The predicted octanol–water partition coefficient (Wildman–Crippen LogP) is 7.56. The van der Waals surface area contributed by atoms with Crippen LogP contribution >= 0.6 is 63.7 Å². The molecule has 3 aromatic rings. The normalized spacial score (nSPS) is 12.7. The Morgan fingerprint density at radius 1 is 0.733 bits per heavy atom. The van der Waals surface area contributed by atoms with Gasteiger partial charge in [-0.2, -0.15) is 9.48 Å². The molecule has 0 aliphatic heterocycles. The van der Waals surface area contributed by atoms with Crippen LogP contribution < -0.4 is 0 Å². The number of hydrogen-bond donors (Lipinski definition) is 0. The van der Waals surface area contributed by atoms with Gasteiger partial charge in [-0.1, -0.05) is 18.2 Å². The van der Waals surface area contributed by atoms with Crippen molar-refractivity contribution in [3.63, 3.8) is 0 Å². The highest BCUT2D eigenvalue weighted by Crippen LogP contribution is 2.35. The van der Waals surface area contributed by atoms with Crippen molar-refractivity contribution >= 4 is 87.0 Å². The lowest BCUT2D eigenvalue weighted by Crippen LogP contribution is -2.20. The molecule has 30 heavy (non-hydrogen) atoms. The van der Waals surface area contributed by atoms with E-state index < -0.39 is 11.6 Å². The number of halogens is 6. The summed E-state index contributed by atoms with van der Waals surface area (Å²) in [7, 11) is 0. The second kappa shape index (κ2) is 9.67. The largest absolute Gasteiger partial charge is 0.618 e. The highest BCUT2D eigenvalue weighted by atomic mass is 79.9. The molecule has 0 heterocycles. The first-order valence-electron chi connectivity index (χ1n) is 8.19. The molecule has 0 saturated carbocycles. The van der Waals surface area contributed by atoms with Crippen LogP contribution in [0.2, 0.25) is 0 Å². The Morgan fingerprint density at radius 2 is 1.17 bits per heavy atom. The quantitative estimate of drug-likeness (QED) is 0.125. The first-order valence-corrected chi connectivity index (χ1v) is 11.4. The summed E-state index contributed by atoms with van der Waals surface area (Å²) in [4.78, 5) is 0. The third kappa shape index (κ3) is 4.99. The van der Waals surface area contributed by atoms with Crippen molar-refractivity contribution in [3.05, 3.63) is 100 Å². The zero-order valence-corrected chi connectivity index (χ0v) is 21.1. The fourth-order valence-electron chi connectivity index (χ4n) is 2.62. The van der Waals surface area contributed by atoms with Crippen molar-refractivity contribution in [2.45, 2.75) is 0 Å². The number of rotatable bonds is 4. The molecule has 0 radical (unpaired) electrons. The summed E-state index contributed by atoms with van der Waals surface area (Å²) in [5.41, 5.74) is 0.597.